The van der Waals surface area contributed by atoms with E-state index in [2.05, 4.69) is 42.6 Å². The van der Waals surface area contributed by atoms with Gasteiger partial charge in [0.15, 0.2) is 23.2 Å². The second kappa shape index (κ2) is 17.3. The highest BCUT2D eigenvalue weighted by atomic mass is 16.6. The molecule has 3 heterocycles. The Balaban J connectivity index is 1.06. The van der Waals surface area contributed by atoms with Crippen LogP contribution in [0.1, 0.15) is 41.9 Å². The molecule has 14 heteroatoms. The summed E-state index contributed by atoms with van der Waals surface area (Å²) in [5.41, 5.74) is 4.19. The first-order valence-corrected chi connectivity index (χ1v) is 16.9. The fourth-order valence-corrected chi connectivity index (χ4v) is 6.16. The monoisotopic (exact) mass is 697 g/mol. The molecule has 0 bridgehead atoms. The molecule has 1 amide bonds. The van der Waals surface area contributed by atoms with Gasteiger partial charge in [0.1, 0.15) is 37.0 Å². The fraction of sp³-hybridized carbons (Fsp3) is 0.351. The smallest absolute Gasteiger partial charge is 0.211 e. The van der Waals surface area contributed by atoms with Gasteiger partial charge in [-0.05, 0) is 48.2 Å². The molecule has 268 valence electrons. The van der Waals surface area contributed by atoms with Gasteiger partial charge in [0, 0.05) is 19.6 Å². The lowest BCUT2D eigenvalue weighted by Crippen LogP contribution is -2.33. The highest BCUT2D eigenvalue weighted by Crippen LogP contribution is 2.32. The molecule has 5 aromatic rings. The summed E-state index contributed by atoms with van der Waals surface area (Å²) in [6.07, 6.45) is -0.0821. The minimum atomic E-state index is -1.25. The van der Waals surface area contributed by atoms with Gasteiger partial charge >= 0.3 is 0 Å². The van der Waals surface area contributed by atoms with Crippen molar-refractivity contribution in [2.45, 2.75) is 56.6 Å². The molecule has 0 spiro atoms. The number of hydrogen-bond donors (Lipinski definition) is 6. The lowest BCUT2D eigenvalue weighted by atomic mass is 10.1. The zero-order valence-electron chi connectivity index (χ0n) is 28.0. The molecule has 51 heavy (non-hydrogen) atoms. The molecule has 1 aliphatic rings. The van der Waals surface area contributed by atoms with Crippen LogP contribution in [0.3, 0.4) is 0 Å². The Labute approximate surface area is 295 Å². The van der Waals surface area contributed by atoms with Gasteiger partial charge < -0.3 is 40.5 Å². The van der Waals surface area contributed by atoms with E-state index < -0.39 is 37.3 Å². The van der Waals surface area contributed by atoms with Gasteiger partial charge in [0.25, 0.3) is 0 Å². The number of benzene rings is 3. The summed E-state index contributed by atoms with van der Waals surface area (Å²) < 4.78 is 13.2. The molecule has 2 aromatic heterocycles. The van der Waals surface area contributed by atoms with Gasteiger partial charge in [-0.2, -0.15) is 0 Å². The normalized spacial score (nSPS) is 19.3. The number of unbranched alkanes of at least 4 members (excludes halogenated alkanes) is 1. The largest absolute Gasteiger partial charge is 0.487 e. The third-order valence-corrected chi connectivity index (χ3v) is 8.86. The zero-order valence-corrected chi connectivity index (χ0v) is 28.0. The van der Waals surface area contributed by atoms with Crippen molar-refractivity contribution >= 4 is 29.1 Å². The molecule has 0 saturated carbocycles. The van der Waals surface area contributed by atoms with Crippen molar-refractivity contribution in [2.24, 2.45) is 0 Å². The molecule has 1 aliphatic heterocycles. The summed E-state index contributed by atoms with van der Waals surface area (Å²) in [7, 11) is 0. The summed E-state index contributed by atoms with van der Waals surface area (Å²) in [4.78, 5) is 26.7. The Morgan fingerprint density at radius 1 is 0.961 bits per heavy atom. The number of aromatic nitrogens is 4. The summed E-state index contributed by atoms with van der Waals surface area (Å²) in [5, 5.41) is 47.5. The number of amides is 1. The van der Waals surface area contributed by atoms with Crippen LogP contribution < -0.4 is 15.4 Å². The van der Waals surface area contributed by atoms with Crippen molar-refractivity contribution in [1.82, 2.24) is 24.4 Å². The second-order valence-electron chi connectivity index (χ2n) is 12.4. The van der Waals surface area contributed by atoms with Crippen LogP contribution in [0.4, 0.5) is 11.5 Å². The number of nitrogens with one attached hydrogen (secondary N) is 2. The van der Waals surface area contributed by atoms with Crippen molar-refractivity contribution in [3.8, 4) is 5.75 Å². The molecule has 6 rings (SSSR count). The molecular formula is C37H43N7O7. The standard InChI is InChI=1S/C37H43N7O7/c45-20-31-33(48)34(49)37(51-31)44-23-41-32-35(39-22-40-36(32)44)38-15-7-8-16-43(18-25-9-3-1-4-10-25)19-29(47)27-13-14-30(28(17-27)42-24-46)50-21-26-11-5-2-6-12-26/h1-6,9-14,17,22-24,29,31,33-34,37,45,47-49H,7-8,15-16,18-21H2,(H,42,46)(H,38,39,40)/t29?,31-,33-,34-,37-/m1/s1. The molecule has 3 aromatic carbocycles. The number of nitrogens with zero attached hydrogens (tertiary/aromatic N) is 5. The molecule has 1 unspecified atom stereocenters. The first kappa shape index (κ1) is 35.9. The third kappa shape index (κ3) is 8.86. The molecule has 0 aliphatic carbocycles. The Kier molecular flexibility index (Phi) is 12.2. The number of carbonyl (C=O) groups excluding carboxylic acids is 1. The van der Waals surface area contributed by atoms with E-state index in [1.807, 2.05) is 54.6 Å². The van der Waals surface area contributed by atoms with Crippen molar-refractivity contribution in [1.29, 1.82) is 0 Å². The summed E-state index contributed by atoms with van der Waals surface area (Å²) in [5.74, 6) is 1.04. The maximum absolute atomic E-state index is 11.4. The molecule has 0 radical (unpaired) electrons. The number of anilines is 2. The first-order chi connectivity index (χ1) is 24.9. The highest BCUT2D eigenvalue weighted by Gasteiger charge is 2.44. The van der Waals surface area contributed by atoms with Crippen molar-refractivity contribution < 1.29 is 34.7 Å². The van der Waals surface area contributed by atoms with E-state index >= 15 is 0 Å². The van der Waals surface area contributed by atoms with Crippen LogP contribution in [0, 0.1) is 0 Å². The van der Waals surface area contributed by atoms with Crippen molar-refractivity contribution in [3.05, 3.63) is 108 Å². The number of rotatable bonds is 18. The Morgan fingerprint density at radius 3 is 2.45 bits per heavy atom. The minimum absolute atomic E-state index is 0.345. The van der Waals surface area contributed by atoms with E-state index in [1.165, 1.54) is 17.2 Å². The van der Waals surface area contributed by atoms with E-state index in [-0.39, 0.29) is 0 Å². The van der Waals surface area contributed by atoms with Gasteiger partial charge in [-0.15, -0.1) is 0 Å². The summed E-state index contributed by atoms with van der Waals surface area (Å²) in [6, 6.07) is 25.2. The third-order valence-electron chi connectivity index (χ3n) is 8.86. The van der Waals surface area contributed by atoms with Crippen LogP contribution >= 0.6 is 0 Å². The summed E-state index contributed by atoms with van der Waals surface area (Å²) in [6.45, 7) is 2.25. The molecule has 14 nitrogen and oxygen atoms in total. The van der Waals surface area contributed by atoms with Crippen LogP contribution in [0.15, 0.2) is 91.5 Å². The second-order valence-corrected chi connectivity index (χ2v) is 12.4. The van der Waals surface area contributed by atoms with Crippen LogP contribution in [0.2, 0.25) is 0 Å². The minimum Gasteiger partial charge on any atom is -0.487 e. The molecular weight excluding hydrogens is 654 g/mol. The van der Waals surface area contributed by atoms with E-state index in [4.69, 9.17) is 9.47 Å². The van der Waals surface area contributed by atoms with Crippen molar-refractivity contribution in [3.63, 3.8) is 0 Å². The number of imidazole rings is 1. The number of ether oxygens (including phenoxy) is 2. The quantitative estimate of drug-likeness (QED) is 0.0582. The average Bonchev–Trinajstić information content (AvgIpc) is 3.71. The van der Waals surface area contributed by atoms with Crippen molar-refractivity contribution in [2.75, 3.05) is 36.9 Å². The Morgan fingerprint density at radius 2 is 1.73 bits per heavy atom. The van der Waals surface area contributed by atoms with E-state index in [0.29, 0.717) is 73.2 Å². The fourth-order valence-electron chi connectivity index (χ4n) is 6.16. The predicted molar refractivity (Wildman–Crippen MR) is 190 cm³/mol. The van der Waals surface area contributed by atoms with E-state index in [1.54, 1.807) is 12.1 Å². The van der Waals surface area contributed by atoms with Gasteiger partial charge in [-0.3, -0.25) is 14.3 Å². The van der Waals surface area contributed by atoms with Crippen LogP contribution in [-0.2, 0) is 22.7 Å². The Bertz CT molecular complexity index is 1850. The van der Waals surface area contributed by atoms with E-state index in [9.17, 15) is 25.2 Å². The molecule has 1 fully saturated rings. The number of aliphatic hydroxyl groups is 4. The first-order valence-electron chi connectivity index (χ1n) is 16.9. The van der Waals surface area contributed by atoms with Gasteiger partial charge in [-0.25, -0.2) is 15.0 Å². The van der Waals surface area contributed by atoms with Crippen LogP contribution in [-0.4, -0.2) is 95.8 Å². The number of aliphatic hydroxyl groups excluding tert-OH is 4. The van der Waals surface area contributed by atoms with Gasteiger partial charge in [-0.1, -0.05) is 66.7 Å². The highest BCUT2D eigenvalue weighted by molar-refractivity contribution is 5.82. The maximum atomic E-state index is 11.4. The molecule has 5 atom stereocenters. The van der Waals surface area contributed by atoms with Gasteiger partial charge in [0.2, 0.25) is 6.41 Å². The van der Waals surface area contributed by atoms with Crippen LogP contribution in [0.25, 0.3) is 11.2 Å². The maximum Gasteiger partial charge on any atom is 0.211 e. The predicted octanol–water partition coefficient (Wildman–Crippen LogP) is 3.01. The lowest BCUT2D eigenvalue weighted by Gasteiger charge is -2.26. The average molecular weight is 698 g/mol. The van der Waals surface area contributed by atoms with E-state index in [0.717, 1.165) is 24.0 Å². The topological polar surface area (TPSA) is 187 Å². The molecule has 1 saturated heterocycles. The zero-order chi connectivity index (χ0) is 35.6. The lowest BCUT2D eigenvalue weighted by molar-refractivity contribution is -0.105. The Hall–Kier alpha value is -4.96. The molecule has 6 N–H and O–H groups in total. The number of fused-ring (bicyclic) bond motifs is 1. The SMILES string of the molecule is O=CNc1cc(C(O)CN(CCCCNc2ncnc3c2ncn3[C@@H]2O[C@H](CO)[C@@H](O)[C@H]2O)Cc2ccccc2)ccc1OCc1ccccc1. The van der Waals surface area contributed by atoms with Crippen LogP contribution in [0.5, 0.6) is 5.75 Å². The summed E-state index contributed by atoms with van der Waals surface area (Å²) >= 11 is 0. The van der Waals surface area contributed by atoms with Gasteiger partial charge in [0.05, 0.1) is 24.7 Å². The number of hydrogen-bond acceptors (Lipinski definition) is 12. The number of carbonyl (C=O) groups is 1.